The van der Waals surface area contributed by atoms with E-state index in [0.717, 1.165) is 26.2 Å². The maximum atomic E-state index is 11.7. The standard InChI is InChI=1S/C15H16BrN3OS/c1-10-4-3-5-11(2)15(10)17-8-14(20)19-18-7-13-6-12(16)9-21-13/h3-7,9,17H,8H2,1-2H3,(H,19,20). The molecule has 0 aliphatic rings. The molecule has 0 saturated heterocycles. The fourth-order valence-corrected chi connectivity index (χ4v) is 3.17. The summed E-state index contributed by atoms with van der Waals surface area (Å²) in [5.74, 6) is -0.176. The fourth-order valence-electron chi connectivity index (χ4n) is 1.87. The number of carbonyl (C=O) groups is 1. The van der Waals surface area contributed by atoms with Crippen molar-refractivity contribution in [3.63, 3.8) is 0 Å². The van der Waals surface area contributed by atoms with Gasteiger partial charge in [0.25, 0.3) is 5.91 Å². The van der Waals surface area contributed by atoms with Crippen molar-refractivity contribution in [2.75, 3.05) is 11.9 Å². The van der Waals surface area contributed by atoms with Gasteiger partial charge in [-0.3, -0.25) is 4.79 Å². The third kappa shape index (κ3) is 4.68. The molecule has 0 unspecified atom stereocenters. The third-order valence-corrected chi connectivity index (χ3v) is 4.50. The Labute approximate surface area is 136 Å². The number of thiophene rings is 1. The topological polar surface area (TPSA) is 53.5 Å². The number of para-hydroxylation sites is 1. The van der Waals surface area contributed by atoms with Crippen molar-refractivity contribution in [3.05, 3.63) is 50.1 Å². The van der Waals surface area contributed by atoms with Crippen LogP contribution >= 0.6 is 27.3 Å². The van der Waals surface area contributed by atoms with Gasteiger partial charge in [0.05, 0.1) is 12.8 Å². The minimum absolute atomic E-state index is 0.176. The van der Waals surface area contributed by atoms with Crippen molar-refractivity contribution in [2.45, 2.75) is 13.8 Å². The Kier molecular flexibility index (Phi) is 5.52. The summed E-state index contributed by atoms with van der Waals surface area (Å²) in [4.78, 5) is 12.7. The van der Waals surface area contributed by atoms with Crippen molar-refractivity contribution < 1.29 is 4.79 Å². The Morgan fingerprint density at radius 2 is 2.10 bits per heavy atom. The molecular formula is C15H16BrN3OS. The molecule has 2 aromatic rings. The average Bonchev–Trinajstić information content (AvgIpc) is 2.84. The zero-order valence-corrected chi connectivity index (χ0v) is 14.2. The molecule has 2 rings (SSSR count). The fraction of sp³-hybridized carbons (Fsp3) is 0.200. The van der Waals surface area contributed by atoms with Crippen LogP contribution in [0.1, 0.15) is 16.0 Å². The number of aryl methyl sites for hydroxylation is 2. The van der Waals surface area contributed by atoms with Gasteiger partial charge in [-0.25, -0.2) is 5.43 Å². The lowest BCUT2D eigenvalue weighted by Crippen LogP contribution is -2.26. The van der Waals surface area contributed by atoms with E-state index in [1.165, 1.54) is 0 Å². The number of hydrogen-bond donors (Lipinski definition) is 2. The Morgan fingerprint density at radius 1 is 1.38 bits per heavy atom. The molecule has 0 aliphatic heterocycles. The van der Waals surface area contributed by atoms with Crippen LogP contribution in [-0.2, 0) is 4.79 Å². The van der Waals surface area contributed by atoms with Gasteiger partial charge in [0.15, 0.2) is 0 Å². The number of hydrazone groups is 1. The Balaban J connectivity index is 1.84. The van der Waals surface area contributed by atoms with E-state index in [9.17, 15) is 4.79 Å². The molecule has 6 heteroatoms. The summed E-state index contributed by atoms with van der Waals surface area (Å²) in [6.07, 6.45) is 1.63. The molecule has 0 aliphatic carbocycles. The summed E-state index contributed by atoms with van der Waals surface area (Å²) in [7, 11) is 0. The summed E-state index contributed by atoms with van der Waals surface area (Å²) in [6.45, 7) is 4.22. The quantitative estimate of drug-likeness (QED) is 0.626. The molecule has 21 heavy (non-hydrogen) atoms. The molecule has 1 amide bonds. The number of carbonyl (C=O) groups excluding carboxylic acids is 1. The van der Waals surface area contributed by atoms with Crippen LogP contribution in [0.2, 0.25) is 0 Å². The van der Waals surface area contributed by atoms with E-state index in [-0.39, 0.29) is 12.5 Å². The number of hydrogen-bond acceptors (Lipinski definition) is 4. The van der Waals surface area contributed by atoms with Crippen molar-refractivity contribution in [1.82, 2.24) is 5.43 Å². The Hall–Kier alpha value is -1.66. The van der Waals surface area contributed by atoms with Crippen LogP contribution in [0.3, 0.4) is 0 Å². The number of anilines is 1. The molecule has 1 aromatic heterocycles. The second-order valence-corrected chi connectivity index (χ2v) is 6.44. The van der Waals surface area contributed by atoms with Crippen LogP contribution in [0.15, 0.2) is 39.2 Å². The lowest BCUT2D eigenvalue weighted by molar-refractivity contribution is -0.119. The molecule has 4 nitrogen and oxygen atoms in total. The molecular weight excluding hydrogens is 350 g/mol. The number of nitrogens with zero attached hydrogens (tertiary/aromatic N) is 1. The molecule has 0 fully saturated rings. The van der Waals surface area contributed by atoms with Gasteiger partial charge in [0.1, 0.15) is 0 Å². The van der Waals surface area contributed by atoms with E-state index in [0.29, 0.717) is 0 Å². The Morgan fingerprint density at radius 3 is 2.71 bits per heavy atom. The lowest BCUT2D eigenvalue weighted by atomic mass is 10.1. The first-order valence-electron chi connectivity index (χ1n) is 6.42. The first-order chi connectivity index (χ1) is 10.1. The second-order valence-electron chi connectivity index (χ2n) is 4.58. The number of amides is 1. The van der Waals surface area contributed by atoms with E-state index in [1.54, 1.807) is 17.6 Å². The molecule has 2 N–H and O–H groups in total. The monoisotopic (exact) mass is 365 g/mol. The number of nitrogens with one attached hydrogen (secondary N) is 2. The predicted molar refractivity (Wildman–Crippen MR) is 92.2 cm³/mol. The molecule has 0 radical (unpaired) electrons. The van der Waals surface area contributed by atoms with Gasteiger partial charge < -0.3 is 5.32 Å². The summed E-state index contributed by atoms with van der Waals surface area (Å²) < 4.78 is 1.01. The van der Waals surface area contributed by atoms with E-state index in [2.05, 4.69) is 31.8 Å². The average molecular weight is 366 g/mol. The predicted octanol–water partition coefficient (Wildman–Crippen LogP) is 3.69. The normalized spacial score (nSPS) is 10.8. The summed E-state index contributed by atoms with van der Waals surface area (Å²) >= 11 is 4.92. The molecule has 1 heterocycles. The molecule has 0 saturated carbocycles. The second kappa shape index (κ2) is 7.38. The highest BCUT2D eigenvalue weighted by molar-refractivity contribution is 9.10. The van der Waals surface area contributed by atoms with E-state index >= 15 is 0 Å². The van der Waals surface area contributed by atoms with Crippen LogP contribution in [0.4, 0.5) is 5.69 Å². The molecule has 0 spiro atoms. The number of benzene rings is 1. The highest BCUT2D eigenvalue weighted by Gasteiger charge is 2.04. The number of halogens is 1. The maximum Gasteiger partial charge on any atom is 0.259 e. The van der Waals surface area contributed by atoms with Crippen molar-refractivity contribution >= 4 is 45.1 Å². The van der Waals surface area contributed by atoms with Gasteiger partial charge in [-0.2, -0.15) is 5.10 Å². The maximum absolute atomic E-state index is 11.7. The first kappa shape index (κ1) is 15.7. The summed E-state index contributed by atoms with van der Waals surface area (Å²) in [5, 5.41) is 9.04. The molecule has 0 atom stereocenters. The zero-order valence-electron chi connectivity index (χ0n) is 11.8. The lowest BCUT2D eigenvalue weighted by Gasteiger charge is -2.11. The van der Waals surface area contributed by atoms with Crippen LogP contribution in [0.5, 0.6) is 0 Å². The van der Waals surface area contributed by atoms with Crippen molar-refractivity contribution in [2.24, 2.45) is 5.10 Å². The minimum atomic E-state index is -0.176. The van der Waals surface area contributed by atoms with Crippen LogP contribution in [0, 0.1) is 13.8 Å². The van der Waals surface area contributed by atoms with E-state index in [4.69, 9.17) is 0 Å². The van der Waals surface area contributed by atoms with Crippen LogP contribution in [-0.4, -0.2) is 18.7 Å². The zero-order chi connectivity index (χ0) is 15.2. The first-order valence-corrected chi connectivity index (χ1v) is 8.09. The van der Waals surface area contributed by atoms with E-state index in [1.807, 2.05) is 43.5 Å². The van der Waals surface area contributed by atoms with Gasteiger partial charge in [-0.05, 0) is 47.0 Å². The molecule has 0 bridgehead atoms. The van der Waals surface area contributed by atoms with E-state index < -0.39 is 0 Å². The van der Waals surface area contributed by atoms with Crippen LogP contribution in [0.25, 0.3) is 0 Å². The van der Waals surface area contributed by atoms with Crippen molar-refractivity contribution in [3.8, 4) is 0 Å². The smallest absolute Gasteiger partial charge is 0.259 e. The van der Waals surface area contributed by atoms with Crippen molar-refractivity contribution in [1.29, 1.82) is 0 Å². The number of rotatable bonds is 5. The van der Waals surface area contributed by atoms with Gasteiger partial charge in [-0.1, -0.05) is 18.2 Å². The third-order valence-electron chi connectivity index (χ3n) is 2.88. The van der Waals surface area contributed by atoms with Gasteiger partial charge in [-0.15, -0.1) is 11.3 Å². The highest BCUT2D eigenvalue weighted by atomic mass is 79.9. The van der Waals surface area contributed by atoms with Crippen LogP contribution < -0.4 is 10.7 Å². The SMILES string of the molecule is Cc1cccc(C)c1NCC(=O)NN=Cc1cc(Br)cs1. The molecule has 110 valence electrons. The minimum Gasteiger partial charge on any atom is -0.376 e. The highest BCUT2D eigenvalue weighted by Crippen LogP contribution is 2.19. The summed E-state index contributed by atoms with van der Waals surface area (Å²) in [6, 6.07) is 7.97. The largest absolute Gasteiger partial charge is 0.376 e. The molecule has 1 aromatic carbocycles. The van der Waals surface area contributed by atoms with Gasteiger partial charge in [0, 0.05) is 20.4 Å². The van der Waals surface area contributed by atoms with Gasteiger partial charge in [0.2, 0.25) is 0 Å². The summed E-state index contributed by atoms with van der Waals surface area (Å²) in [5.41, 5.74) is 5.75. The Bertz CT molecular complexity index is 646. The van der Waals surface area contributed by atoms with Gasteiger partial charge >= 0.3 is 0 Å².